The molecule has 0 bridgehead atoms. The molecule has 0 saturated carbocycles. The van der Waals surface area contributed by atoms with Gasteiger partial charge in [0.15, 0.2) is 0 Å². The van der Waals surface area contributed by atoms with Gasteiger partial charge in [0, 0.05) is 37.8 Å². The Morgan fingerprint density at radius 2 is 1.78 bits per heavy atom. The van der Waals surface area contributed by atoms with Gasteiger partial charge in [-0.05, 0) is 43.0 Å². The molecule has 2 aromatic heterocycles. The topological polar surface area (TPSA) is 51.9 Å². The van der Waals surface area contributed by atoms with E-state index in [9.17, 15) is 4.79 Å². The molecule has 0 spiro atoms. The number of fused-ring (bicyclic) bond motifs is 2. The first kappa shape index (κ1) is 17.3. The van der Waals surface area contributed by atoms with Crippen LogP contribution in [0.3, 0.4) is 0 Å². The maximum atomic E-state index is 12.2. The molecule has 0 saturated heterocycles. The zero-order valence-electron chi connectivity index (χ0n) is 15.6. The van der Waals surface area contributed by atoms with Crippen LogP contribution >= 0.6 is 0 Å². The third-order valence-corrected chi connectivity index (χ3v) is 4.99. The van der Waals surface area contributed by atoms with Gasteiger partial charge in [0.05, 0.1) is 11.0 Å². The van der Waals surface area contributed by atoms with Crippen LogP contribution < -0.4 is 5.32 Å². The fourth-order valence-corrected chi connectivity index (χ4v) is 3.59. The second-order valence-corrected chi connectivity index (χ2v) is 6.82. The van der Waals surface area contributed by atoms with E-state index in [0.29, 0.717) is 19.5 Å². The highest BCUT2D eigenvalue weighted by Gasteiger charge is 2.07. The molecule has 0 aliphatic carbocycles. The van der Waals surface area contributed by atoms with E-state index in [2.05, 4.69) is 43.7 Å². The lowest BCUT2D eigenvalue weighted by Gasteiger charge is -2.09. The molecule has 4 rings (SSSR count). The number of nitrogens with one attached hydrogen (secondary N) is 1. The summed E-state index contributed by atoms with van der Waals surface area (Å²) in [7, 11) is 0. The molecule has 2 heterocycles. The third kappa shape index (κ3) is 3.72. The van der Waals surface area contributed by atoms with Crippen molar-refractivity contribution in [1.82, 2.24) is 19.4 Å². The number of amides is 1. The summed E-state index contributed by atoms with van der Waals surface area (Å²) in [5.41, 5.74) is 3.35. The number of aromatic nitrogens is 3. The number of para-hydroxylation sites is 3. The minimum atomic E-state index is 0.0972. The van der Waals surface area contributed by atoms with Gasteiger partial charge in [-0.15, -0.1) is 0 Å². The molecule has 0 atom stereocenters. The number of nitrogens with zero attached hydrogens (tertiary/aromatic N) is 3. The summed E-state index contributed by atoms with van der Waals surface area (Å²) in [6, 6.07) is 18.5. The highest BCUT2D eigenvalue weighted by Crippen LogP contribution is 2.16. The van der Waals surface area contributed by atoms with E-state index in [1.807, 2.05) is 43.5 Å². The van der Waals surface area contributed by atoms with Gasteiger partial charge in [-0.2, -0.15) is 0 Å². The van der Waals surface area contributed by atoms with E-state index >= 15 is 0 Å². The van der Waals surface area contributed by atoms with E-state index in [-0.39, 0.29) is 5.91 Å². The molecule has 1 amide bonds. The number of benzene rings is 2. The lowest BCUT2D eigenvalue weighted by atomic mass is 10.2. The molecule has 5 heteroatoms. The van der Waals surface area contributed by atoms with E-state index in [0.717, 1.165) is 29.8 Å². The van der Waals surface area contributed by atoms with Crippen molar-refractivity contribution >= 4 is 27.8 Å². The first-order chi connectivity index (χ1) is 13.2. The van der Waals surface area contributed by atoms with Crippen LogP contribution in [0.15, 0.2) is 60.8 Å². The summed E-state index contributed by atoms with van der Waals surface area (Å²) in [5.74, 6) is 1.11. The van der Waals surface area contributed by atoms with Gasteiger partial charge in [-0.3, -0.25) is 4.79 Å². The average molecular weight is 360 g/mol. The summed E-state index contributed by atoms with van der Waals surface area (Å²) >= 11 is 0. The highest BCUT2D eigenvalue weighted by atomic mass is 16.1. The van der Waals surface area contributed by atoms with Crippen molar-refractivity contribution in [2.45, 2.75) is 32.9 Å². The van der Waals surface area contributed by atoms with E-state index in [1.165, 1.54) is 10.9 Å². The van der Waals surface area contributed by atoms with Gasteiger partial charge in [0.2, 0.25) is 5.91 Å². The molecular formula is C22H24N4O. The van der Waals surface area contributed by atoms with Gasteiger partial charge in [0.1, 0.15) is 5.82 Å². The quantitative estimate of drug-likeness (QED) is 0.508. The zero-order chi connectivity index (χ0) is 18.6. The number of carbonyl (C=O) groups is 1. The molecule has 138 valence electrons. The second-order valence-electron chi connectivity index (χ2n) is 6.82. The molecule has 0 radical (unpaired) electrons. The molecule has 5 nitrogen and oxygen atoms in total. The fraction of sp³-hybridized carbons (Fsp3) is 0.273. The number of imidazole rings is 1. The predicted molar refractivity (Wildman–Crippen MR) is 109 cm³/mol. The molecule has 0 fully saturated rings. The molecule has 2 aromatic carbocycles. The zero-order valence-corrected chi connectivity index (χ0v) is 15.6. The summed E-state index contributed by atoms with van der Waals surface area (Å²) in [4.78, 5) is 16.8. The second kappa shape index (κ2) is 7.66. The SMILES string of the molecule is Cc1nc2ccccc2n1CCCNC(=O)CCn1ccc2ccccc21. The van der Waals surface area contributed by atoms with Crippen LogP contribution in [0.1, 0.15) is 18.7 Å². The smallest absolute Gasteiger partial charge is 0.221 e. The van der Waals surface area contributed by atoms with Crippen LogP contribution in [-0.2, 0) is 17.9 Å². The van der Waals surface area contributed by atoms with E-state index in [4.69, 9.17) is 0 Å². The van der Waals surface area contributed by atoms with Crippen LogP contribution in [0.2, 0.25) is 0 Å². The Bertz CT molecular complexity index is 1080. The van der Waals surface area contributed by atoms with Crippen molar-refractivity contribution in [2.75, 3.05) is 6.54 Å². The normalized spacial score (nSPS) is 11.3. The summed E-state index contributed by atoms with van der Waals surface area (Å²) < 4.78 is 4.35. The first-order valence-electron chi connectivity index (χ1n) is 9.45. The molecule has 0 unspecified atom stereocenters. The Kier molecular flexibility index (Phi) is 4.92. The summed E-state index contributed by atoms with van der Waals surface area (Å²) in [6.07, 6.45) is 3.43. The molecule has 27 heavy (non-hydrogen) atoms. The minimum absolute atomic E-state index is 0.0972. The van der Waals surface area contributed by atoms with Gasteiger partial charge < -0.3 is 14.5 Å². The molecule has 1 N–H and O–H groups in total. The maximum absolute atomic E-state index is 12.2. The largest absolute Gasteiger partial charge is 0.356 e. The number of hydrogen-bond donors (Lipinski definition) is 1. The van der Waals surface area contributed by atoms with Crippen molar-refractivity contribution in [3.63, 3.8) is 0 Å². The van der Waals surface area contributed by atoms with Gasteiger partial charge in [-0.1, -0.05) is 30.3 Å². The van der Waals surface area contributed by atoms with Crippen LogP contribution in [0.5, 0.6) is 0 Å². The van der Waals surface area contributed by atoms with Crippen LogP contribution in [0.4, 0.5) is 0 Å². The van der Waals surface area contributed by atoms with Crippen LogP contribution in [0, 0.1) is 6.92 Å². The number of rotatable bonds is 7. The Hall–Kier alpha value is -3.08. The molecule has 0 aliphatic rings. The fourth-order valence-electron chi connectivity index (χ4n) is 3.59. The molecular weight excluding hydrogens is 336 g/mol. The van der Waals surface area contributed by atoms with Crippen molar-refractivity contribution in [3.8, 4) is 0 Å². The van der Waals surface area contributed by atoms with Crippen molar-refractivity contribution in [3.05, 3.63) is 66.6 Å². The van der Waals surface area contributed by atoms with Crippen LogP contribution in [-0.4, -0.2) is 26.6 Å². The van der Waals surface area contributed by atoms with Gasteiger partial charge in [0.25, 0.3) is 0 Å². The van der Waals surface area contributed by atoms with Crippen molar-refractivity contribution in [2.24, 2.45) is 0 Å². The third-order valence-electron chi connectivity index (χ3n) is 4.99. The lowest BCUT2D eigenvalue weighted by Crippen LogP contribution is -2.26. The number of aryl methyl sites for hydroxylation is 3. The average Bonchev–Trinajstić information content (AvgIpc) is 3.24. The van der Waals surface area contributed by atoms with Crippen molar-refractivity contribution in [1.29, 1.82) is 0 Å². The highest BCUT2D eigenvalue weighted by molar-refractivity contribution is 5.80. The Morgan fingerprint density at radius 1 is 1.00 bits per heavy atom. The van der Waals surface area contributed by atoms with Gasteiger partial charge >= 0.3 is 0 Å². The Balaban J connectivity index is 1.25. The molecule has 0 aliphatic heterocycles. The Morgan fingerprint density at radius 3 is 2.67 bits per heavy atom. The molecule has 4 aromatic rings. The minimum Gasteiger partial charge on any atom is -0.356 e. The summed E-state index contributed by atoms with van der Waals surface area (Å²) in [6.45, 7) is 4.26. The van der Waals surface area contributed by atoms with Crippen LogP contribution in [0.25, 0.3) is 21.9 Å². The lowest BCUT2D eigenvalue weighted by molar-refractivity contribution is -0.121. The number of hydrogen-bond acceptors (Lipinski definition) is 2. The predicted octanol–water partition coefficient (Wildman–Crippen LogP) is 3.90. The van der Waals surface area contributed by atoms with E-state index < -0.39 is 0 Å². The van der Waals surface area contributed by atoms with Gasteiger partial charge in [-0.25, -0.2) is 4.98 Å². The standard InChI is InChI=1S/C22H24N4O/c1-17-24-19-8-3-5-10-21(19)26(17)14-6-13-23-22(27)12-16-25-15-11-18-7-2-4-9-20(18)25/h2-5,7-11,15H,6,12-14,16H2,1H3,(H,23,27). The van der Waals surface area contributed by atoms with Crippen molar-refractivity contribution < 1.29 is 4.79 Å². The van der Waals surface area contributed by atoms with E-state index in [1.54, 1.807) is 0 Å². The first-order valence-corrected chi connectivity index (χ1v) is 9.45. The monoisotopic (exact) mass is 360 g/mol. The number of carbonyl (C=O) groups excluding carboxylic acids is 1. The Labute approximate surface area is 158 Å². The maximum Gasteiger partial charge on any atom is 0.221 e. The summed E-state index contributed by atoms with van der Waals surface area (Å²) in [5, 5.41) is 4.25.